The lowest BCUT2D eigenvalue weighted by atomic mass is 9.94. The van der Waals surface area contributed by atoms with Gasteiger partial charge in [-0.05, 0) is 86.1 Å². The molecule has 3 nitrogen and oxygen atoms in total. The van der Waals surface area contributed by atoms with Gasteiger partial charge in [0.15, 0.2) is 0 Å². The first kappa shape index (κ1) is 26.5. The lowest BCUT2D eigenvalue weighted by molar-refractivity contribution is 0.625. The molecule has 186 valence electrons. The van der Waals surface area contributed by atoms with E-state index in [0.717, 1.165) is 43.5 Å². The fourth-order valence-corrected chi connectivity index (χ4v) is 4.56. The van der Waals surface area contributed by atoms with Crippen LogP contribution in [-0.4, -0.2) is 12.8 Å². The Morgan fingerprint density at radius 2 is 2.09 bits per heavy atom. The van der Waals surface area contributed by atoms with E-state index in [1.807, 2.05) is 6.07 Å². The van der Waals surface area contributed by atoms with E-state index in [1.165, 1.54) is 40.9 Å². The molecular formula is C32H43N3. The molecule has 0 saturated carbocycles. The number of aryl methyl sites for hydroxylation is 1. The molecule has 1 aromatic carbocycles. The summed E-state index contributed by atoms with van der Waals surface area (Å²) < 4.78 is 0. The van der Waals surface area contributed by atoms with Gasteiger partial charge in [-0.2, -0.15) is 0 Å². The second-order valence-electron chi connectivity index (χ2n) is 9.92. The molecule has 2 atom stereocenters. The molecule has 0 fully saturated rings. The van der Waals surface area contributed by atoms with Crippen molar-refractivity contribution in [3.8, 4) is 0 Å². The van der Waals surface area contributed by atoms with E-state index in [4.69, 9.17) is 10.7 Å². The first-order chi connectivity index (χ1) is 17.0. The molecule has 3 heteroatoms. The van der Waals surface area contributed by atoms with Gasteiger partial charge in [0.05, 0.1) is 6.54 Å². The van der Waals surface area contributed by atoms with Gasteiger partial charge in [0.2, 0.25) is 0 Å². The van der Waals surface area contributed by atoms with Crippen LogP contribution in [0.15, 0.2) is 88.3 Å². The van der Waals surface area contributed by atoms with Crippen molar-refractivity contribution >= 4 is 18.0 Å². The molecule has 1 aliphatic carbocycles. The Morgan fingerprint density at radius 3 is 2.83 bits per heavy atom. The number of anilines is 1. The van der Waals surface area contributed by atoms with E-state index < -0.39 is 0 Å². The van der Waals surface area contributed by atoms with Crippen molar-refractivity contribution < 1.29 is 0 Å². The Hall–Kier alpha value is -3.07. The Bertz CT molecular complexity index is 1060. The number of nitrogen functional groups attached to an aromatic ring is 1. The second-order valence-corrected chi connectivity index (χ2v) is 9.92. The molecule has 35 heavy (non-hydrogen) atoms. The Balaban J connectivity index is 1.71. The molecule has 0 saturated heterocycles. The molecule has 0 radical (unpaired) electrons. The zero-order chi connectivity index (χ0) is 25.0. The van der Waals surface area contributed by atoms with Crippen LogP contribution in [0.1, 0.15) is 70.4 Å². The number of nitrogens with zero attached hydrogens (tertiary/aromatic N) is 1. The molecule has 1 aliphatic heterocycles. The summed E-state index contributed by atoms with van der Waals surface area (Å²) >= 11 is 0. The summed E-state index contributed by atoms with van der Waals surface area (Å²) in [6, 6.07) is 6.19. The van der Waals surface area contributed by atoms with Gasteiger partial charge < -0.3 is 11.1 Å². The minimum atomic E-state index is 0.536. The molecular weight excluding hydrogens is 426 g/mol. The second kappa shape index (κ2) is 13.7. The number of nitrogens with two attached hydrogens (primary N) is 1. The maximum atomic E-state index is 5.94. The van der Waals surface area contributed by atoms with Gasteiger partial charge >= 0.3 is 0 Å². The van der Waals surface area contributed by atoms with Crippen LogP contribution in [0.4, 0.5) is 5.69 Å². The van der Waals surface area contributed by atoms with Crippen molar-refractivity contribution in [3.63, 3.8) is 0 Å². The van der Waals surface area contributed by atoms with Crippen LogP contribution in [-0.2, 0) is 0 Å². The maximum Gasteiger partial charge on any atom is 0.0656 e. The number of benzene rings is 1. The van der Waals surface area contributed by atoms with Crippen molar-refractivity contribution in [2.75, 3.05) is 12.3 Å². The molecule has 2 unspecified atom stereocenters. The highest BCUT2D eigenvalue weighted by Crippen LogP contribution is 2.23. The van der Waals surface area contributed by atoms with Gasteiger partial charge in [-0.15, -0.1) is 0 Å². The van der Waals surface area contributed by atoms with Gasteiger partial charge in [-0.25, -0.2) is 0 Å². The predicted molar refractivity (Wildman–Crippen MR) is 154 cm³/mol. The summed E-state index contributed by atoms with van der Waals surface area (Å²) in [4.78, 5) is 4.87. The number of hydrogen-bond acceptors (Lipinski definition) is 3. The Morgan fingerprint density at radius 1 is 1.23 bits per heavy atom. The van der Waals surface area contributed by atoms with Crippen molar-refractivity contribution in [2.24, 2.45) is 16.8 Å². The van der Waals surface area contributed by atoms with Gasteiger partial charge in [-0.3, -0.25) is 4.99 Å². The van der Waals surface area contributed by atoms with E-state index in [2.05, 4.69) is 100.0 Å². The summed E-state index contributed by atoms with van der Waals surface area (Å²) in [5, 5.41) is 3.78. The third-order valence-corrected chi connectivity index (χ3v) is 6.77. The fourth-order valence-electron chi connectivity index (χ4n) is 4.56. The molecule has 0 bridgehead atoms. The largest absolute Gasteiger partial charge is 0.399 e. The quantitative estimate of drug-likeness (QED) is 0.359. The molecule has 1 aromatic rings. The third kappa shape index (κ3) is 8.58. The zero-order valence-electron chi connectivity index (χ0n) is 22.1. The first-order valence-electron chi connectivity index (χ1n) is 13.2. The summed E-state index contributed by atoms with van der Waals surface area (Å²) in [6.45, 7) is 9.53. The van der Waals surface area contributed by atoms with Crippen molar-refractivity contribution in [3.05, 3.63) is 94.4 Å². The fraction of sp³-hybridized carbons (Fsp3) is 0.406. The van der Waals surface area contributed by atoms with Crippen molar-refractivity contribution in [2.45, 2.75) is 66.2 Å². The SMILES string of the molecule is CCCC(C)/C=C1/N/C(C)=C(CC/C=C/c2ccc(N)c(C)c2)/C=N\C/C1=C/CC1C=CC=CC1. The number of nitrogens with one attached hydrogen (secondary N) is 1. The van der Waals surface area contributed by atoms with Crippen LogP contribution in [0.2, 0.25) is 0 Å². The molecule has 1 heterocycles. The lowest BCUT2D eigenvalue weighted by Gasteiger charge is -2.21. The molecule has 0 aromatic heterocycles. The average molecular weight is 470 g/mol. The van der Waals surface area contributed by atoms with Crippen molar-refractivity contribution in [1.29, 1.82) is 0 Å². The molecule has 2 aliphatic rings. The predicted octanol–water partition coefficient (Wildman–Crippen LogP) is 8.09. The standard InChI is InChI=1S/C32H43N3/c1-5-11-24(2)20-32-30(18-16-27-12-7-6-8-13-27)23-34-22-29(26(4)35-32)15-10-9-14-28-17-19-31(33)25(3)21-28/h6-9,12,14,17-22,24,27,35H,5,10-11,13,15-16,23,33H2,1-4H3/b14-9+,29-26+,30-18-,32-20+,34-22-. The Kier molecular flexibility index (Phi) is 10.4. The van der Waals surface area contributed by atoms with E-state index in [0.29, 0.717) is 11.8 Å². The summed E-state index contributed by atoms with van der Waals surface area (Å²) in [6.07, 6.45) is 26.7. The molecule has 3 N–H and O–H groups in total. The summed E-state index contributed by atoms with van der Waals surface area (Å²) in [5.74, 6) is 1.12. The van der Waals surface area contributed by atoms with E-state index >= 15 is 0 Å². The third-order valence-electron chi connectivity index (χ3n) is 6.77. The van der Waals surface area contributed by atoms with Crippen molar-refractivity contribution in [1.82, 2.24) is 5.32 Å². The van der Waals surface area contributed by atoms with Crippen LogP contribution in [0.3, 0.4) is 0 Å². The summed E-state index contributed by atoms with van der Waals surface area (Å²) in [5.41, 5.74) is 14.1. The maximum absolute atomic E-state index is 5.94. The monoisotopic (exact) mass is 469 g/mol. The minimum Gasteiger partial charge on any atom is -0.399 e. The van der Waals surface area contributed by atoms with E-state index in [9.17, 15) is 0 Å². The number of rotatable bonds is 9. The van der Waals surface area contributed by atoms with Gasteiger partial charge in [-0.1, -0.05) is 81.0 Å². The van der Waals surface area contributed by atoms with E-state index in [-0.39, 0.29) is 0 Å². The molecule has 0 amide bonds. The van der Waals surface area contributed by atoms with Gasteiger partial charge in [0.25, 0.3) is 0 Å². The normalized spacial score (nSPS) is 24.5. The zero-order valence-corrected chi connectivity index (χ0v) is 22.1. The lowest BCUT2D eigenvalue weighted by Crippen LogP contribution is -2.19. The smallest absolute Gasteiger partial charge is 0.0656 e. The van der Waals surface area contributed by atoms with Gasteiger partial charge in [0.1, 0.15) is 0 Å². The van der Waals surface area contributed by atoms with Crippen LogP contribution < -0.4 is 11.1 Å². The van der Waals surface area contributed by atoms with Crippen LogP contribution in [0.5, 0.6) is 0 Å². The van der Waals surface area contributed by atoms with Crippen LogP contribution in [0, 0.1) is 18.8 Å². The number of hydrogen-bond donors (Lipinski definition) is 2. The molecule has 0 spiro atoms. The molecule has 3 rings (SSSR count). The topological polar surface area (TPSA) is 50.4 Å². The first-order valence-corrected chi connectivity index (χ1v) is 13.2. The average Bonchev–Trinajstić information content (AvgIpc) is 2.84. The number of aliphatic imine (C=N–C) groups is 1. The highest BCUT2D eigenvalue weighted by atomic mass is 14.9. The van der Waals surface area contributed by atoms with Crippen LogP contribution >= 0.6 is 0 Å². The highest BCUT2D eigenvalue weighted by molar-refractivity contribution is 5.80. The van der Waals surface area contributed by atoms with E-state index in [1.54, 1.807) is 0 Å². The highest BCUT2D eigenvalue weighted by Gasteiger charge is 2.13. The Labute approximate surface area is 213 Å². The van der Waals surface area contributed by atoms with Gasteiger partial charge in [0, 0.05) is 23.3 Å². The summed E-state index contributed by atoms with van der Waals surface area (Å²) in [7, 11) is 0. The minimum absolute atomic E-state index is 0.536. The number of allylic oxidation sites excluding steroid dienone is 9. The van der Waals surface area contributed by atoms with Crippen LogP contribution in [0.25, 0.3) is 6.08 Å².